The van der Waals surface area contributed by atoms with Gasteiger partial charge in [0, 0.05) is 19.1 Å². The molecule has 0 aromatic carbocycles. The molecule has 0 unspecified atom stereocenters. The van der Waals surface area contributed by atoms with Crippen molar-refractivity contribution in [3.8, 4) is 0 Å². The highest BCUT2D eigenvalue weighted by atomic mass is 19.1. The van der Waals surface area contributed by atoms with E-state index in [0.717, 1.165) is 50.8 Å². The highest BCUT2D eigenvalue weighted by Crippen LogP contribution is 2.45. The first-order valence-corrected chi connectivity index (χ1v) is 10.5. The third-order valence-corrected chi connectivity index (χ3v) is 7.16. The number of hydrogen-bond donors (Lipinski definition) is 2. The summed E-state index contributed by atoms with van der Waals surface area (Å²) < 4.78 is 16.5. The molecule has 3 fully saturated rings. The second-order valence-electron chi connectivity index (χ2n) is 8.99. The number of carboxylic acid groups (broad SMARTS) is 1. The topological polar surface area (TPSA) is 88.0 Å². The Hall–Kier alpha value is -2.41. The molecule has 0 bridgehead atoms. The van der Waals surface area contributed by atoms with E-state index in [0.29, 0.717) is 28.6 Å². The normalized spacial score (nSPS) is 26.7. The van der Waals surface area contributed by atoms with Gasteiger partial charge in [0.05, 0.1) is 17.4 Å². The van der Waals surface area contributed by atoms with Crippen LogP contribution in [-0.4, -0.2) is 34.6 Å². The summed E-state index contributed by atoms with van der Waals surface area (Å²) in [5.41, 5.74) is 8.13. The Morgan fingerprint density at radius 3 is 2.66 bits per heavy atom. The van der Waals surface area contributed by atoms with Crippen molar-refractivity contribution >= 4 is 17.2 Å². The second-order valence-corrected chi connectivity index (χ2v) is 8.99. The van der Waals surface area contributed by atoms with Crippen LogP contribution in [-0.2, 0) is 0 Å². The van der Waals surface area contributed by atoms with Crippen LogP contribution in [0, 0.1) is 24.6 Å². The Labute approximate surface area is 168 Å². The summed E-state index contributed by atoms with van der Waals surface area (Å²) in [6.45, 7) is 3.36. The number of nitrogens with zero attached hydrogens (tertiary/aromatic N) is 2. The van der Waals surface area contributed by atoms with E-state index in [1.165, 1.54) is 16.7 Å². The molecule has 0 amide bonds. The molecular weight excluding hydrogens is 373 g/mol. The number of rotatable bonds is 3. The molecule has 2 saturated carbocycles. The molecule has 5 rings (SSSR count). The van der Waals surface area contributed by atoms with Crippen LogP contribution in [0.15, 0.2) is 17.1 Å². The van der Waals surface area contributed by atoms with Gasteiger partial charge in [0.25, 0.3) is 5.56 Å². The zero-order valence-electron chi connectivity index (χ0n) is 16.5. The van der Waals surface area contributed by atoms with Crippen molar-refractivity contribution in [3.63, 3.8) is 0 Å². The fraction of sp³-hybridized carbons (Fsp3) is 0.545. The van der Waals surface area contributed by atoms with Crippen LogP contribution in [0.1, 0.15) is 59.5 Å². The Morgan fingerprint density at radius 1 is 1.24 bits per heavy atom. The predicted molar refractivity (Wildman–Crippen MR) is 108 cm³/mol. The van der Waals surface area contributed by atoms with E-state index in [1.807, 2.05) is 6.92 Å². The minimum Gasteiger partial charge on any atom is -0.477 e. The van der Waals surface area contributed by atoms with Gasteiger partial charge < -0.3 is 15.7 Å². The van der Waals surface area contributed by atoms with Crippen LogP contribution in [0.5, 0.6) is 0 Å². The van der Waals surface area contributed by atoms with E-state index in [1.54, 1.807) is 0 Å². The predicted octanol–water partition coefficient (Wildman–Crippen LogP) is 2.89. The van der Waals surface area contributed by atoms with Crippen molar-refractivity contribution in [3.05, 3.63) is 45.1 Å². The van der Waals surface area contributed by atoms with Gasteiger partial charge in [-0.05, 0) is 67.6 Å². The molecule has 1 aliphatic heterocycles. The van der Waals surface area contributed by atoms with Gasteiger partial charge in [0.2, 0.25) is 0 Å². The van der Waals surface area contributed by atoms with Crippen LogP contribution in [0.25, 0.3) is 5.52 Å². The molecule has 0 spiro atoms. The number of fused-ring (bicyclic) bond motifs is 2. The summed E-state index contributed by atoms with van der Waals surface area (Å²) in [7, 11) is 0. The number of aromatic nitrogens is 1. The van der Waals surface area contributed by atoms with Crippen molar-refractivity contribution in [1.29, 1.82) is 0 Å². The van der Waals surface area contributed by atoms with Gasteiger partial charge in [-0.2, -0.15) is 0 Å². The van der Waals surface area contributed by atoms with Crippen LogP contribution in [0.2, 0.25) is 0 Å². The molecular formula is C22H26FN3O3. The molecule has 6 nitrogen and oxygen atoms in total. The zero-order valence-corrected chi connectivity index (χ0v) is 16.5. The van der Waals surface area contributed by atoms with E-state index in [9.17, 15) is 14.7 Å². The number of halogens is 1. The lowest BCUT2D eigenvalue weighted by Gasteiger charge is -2.29. The van der Waals surface area contributed by atoms with Gasteiger partial charge in [0.15, 0.2) is 5.82 Å². The molecule has 3 atom stereocenters. The number of nitrogens with two attached hydrogens (primary N) is 1. The number of carbonyl (C=O) groups is 1. The Bertz CT molecular complexity index is 1080. The van der Waals surface area contributed by atoms with E-state index in [-0.39, 0.29) is 17.5 Å². The van der Waals surface area contributed by atoms with Crippen LogP contribution in [0.4, 0.5) is 10.1 Å². The molecule has 2 aliphatic carbocycles. The first-order valence-electron chi connectivity index (χ1n) is 10.5. The quantitative estimate of drug-likeness (QED) is 0.829. The van der Waals surface area contributed by atoms with Crippen molar-refractivity contribution in [2.45, 2.75) is 51.0 Å². The third-order valence-electron chi connectivity index (χ3n) is 7.16. The van der Waals surface area contributed by atoms with Crippen LogP contribution >= 0.6 is 0 Å². The lowest BCUT2D eigenvalue weighted by molar-refractivity contribution is 0.0694. The third kappa shape index (κ3) is 2.86. The maximum atomic E-state index is 15.3. The van der Waals surface area contributed by atoms with Gasteiger partial charge in [-0.25, -0.2) is 9.18 Å². The average Bonchev–Trinajstić information content (AvgIpc) is 3.42. The summed E-state index contributed by atoms with van der Waals surface area (Å²) in [4.78, 5) is 26.4. The van der Waals surface area contributed by atoms with Crippen molar-refractivity contribution in [2.24, 2.45) is 17.6 Å². The second kappa shape index (κ2) is 6.55. The Balaban J connectivity index is 1.68. The van der Waals surface area contributed by atoms with Gasteiger partial charge in [-0.1, -0.05) is 6.42 Å². The molecule has 7 heteroatoms. The van der Waals surface area contributed by atoms with Gasteiger partial charge in [0.1, 0.15) is 5.56 Å². The first kappa shape index (κ1) is 18.6. The monoisotopic (exact) mass is 399 g/mol. The number of pyridine rings is 2. The Kier molecular flexibility index (Phi) is 4.21. The van der Waals surface area contributed by atoms with Crippen LogP contribution < -0.4 is 16.2 Å². The number of hydrogen-bond acceptors (Lipinski definition) is 4. The van der Waals surface area contributed by atoms with E-state index in [2.05, 4.69) is 4.90 Å². The number of aryl methyl sites for hydroxylation is 1. The summed E-state index contributed by atoms with van der Waals surface area (Å²) in [6, 6.07) is 1.66. The largest absolute Gasteiger partial charge is 0.477 e. The summed E-state index contributed by atoms with van der Waals surface area (Å²) >= 11 is 0. The standard InChI is InChI=1S/C22H26FN3O3/c1-11-19-14(12-5-6-12)7-15(22(28)29)21(27)26(19)10-17(23)20(11)25-8-13-3-2-4-18(24)16(13)9-25/h7,10,12-13,16,18H,2-6,8-9,24H2,1H3,(H,28,29)/t13-,16-,18-/m0/s1. The maximum absolute atomic E-state index is 15.3. The minimum absolute atomic E-state index is 0.158. The minimum atomic E-state index is -1.27. The van der Waals surface area contributed by atoms with Crippen LogP contribution in [0.3, 0.4) is 0 Å². The van der Waals surface area contributed by atoms with Crippen molar-refractivity contribution < 1.29 is 14.3 Å². The zero-order chi connectivity index (χ0) is 20.4. The van der Waals surface area contributed by atoms with Gasteiger partial charge in [-0.15, -0.1) is 0 Å². The fourth-order valence-electron chi connectivity index (χ4n) is 5.59. The summed E-state index contributed by atoms with van der Waals surface area (Å²) in [5.74, 6) is -0.665. The highest BCUT2D eigenvalue weighted by molar-refractivity contribution is 5.89. The van der Waals surface area contributed by atoms with Gasteiger partial charge in [-0.3, -0.25) is 9.20 Å². The maximum Gasteiger partial charge on any atom is 0.341 e. The highest BCUT2D eigenvalue weighted by Gasteiger charge is 2.40. The van der Waals surface area contributed by atoms with Crippen molar-refractivity contribution in [2.75, 3.05) is 18.0 Å². The molecule has 2 aromatic heterocycles. The summed E-state index contributed by atoms with van der Waals surface area (Å²) in [5, 5.41) is 9.43. The first-order chi connectivity index (χ1) is 13.9. The van der Waals surface area contributed by atoms with Gasteiger partial charge >= 0.3 is 5.97 Å². The molecule has 1 saturated heterocycles. The number of aromatic carboxylic acids is 1. The molecule has 3 N–H and O–H groups in total. The molecule has 3 heterocycles. The van der Waals surface area contributed by atoms with E-state index in [4.69, 9.17) is 5.73 Å². The SMILES string of the molecule is Cc1c(N2C[C@@H]3CCC[C@H](N)[C@H]3C2)c(F)cn2c(=O)c(C(=O)O)cc(C3CC3)c12. The lowest BCUT2D eigenvalue weighted by atomic mass is 9.78. The molecule has 29 heavy (non-hydrogen) atoms. The molecule has 154 valence electrons. The molecule has 2 aromatic rings. The Morgan fingerprint density at radius 2 is 2.00 bits per heavy atom. The van der Waals surface area contributed by atoms with E-state index >= 15 is 4.39 Å². The average molecular weight is 399 g/mol. The van der Waals surface area contributed by atoms with E-state index < -0.39 is 17.3 Å². The number of anilines is 1. The van der Waals surface area contributed by atoms with Crippen molar-refractivity contribution in [1.82, 2.24) is 4.40 Å². The molecule has 3 aliphatic rings. The summed E-state index contributed by atoms with van der Waals surface area (Å²) in [6.07, 6.45) is 6.36. The fourth-order valence-corrected chi connectivity index (χ4v) is 5.59. The molecule has 0 radical (unpaired) electrons. The lowest BCUT2D eigenvalue weighted by Crippen LogP contribution is -2.38. The smallest absolute Gasteiger partial charge is 0.341 e. The number of carboxylic acids is 1.